The van der Waals surface area contributed by atoms with Crippen molar-refractivity contribution in [2.45, 2.75) is 6.92 Å². The molecule has 2 heterocycles. The minimum Gasteiger partial charge on any atom is -0.477 e. The van der Waals surface area contributed by atoms with E-state index in [2.05, 4.69) is 20.1 Å². The van der Waals surface area contributed by atoms with Crippen LogP contribution in [0.5, 0.6) is 0 Å². The Morgan fingerprint density at radius 2 is 2.25 bits per heavy atom. The van der Waals surface area contributed by atoms with Gasteiger partial charge in [0, 0.05) is 18.5 Å². The number of anilines is 1. The van der Waals surface area contributed by atoms with Crippen LogP contribution in [0.15, 0.2) is 36.3 Å². The van der Waals surface area contributed by atoms with Gasteiger partial charge >= 0.3 is 11.9 Å². The molecule has 0 amide bonds. The zero-order valence-corrected chi connectivity index (χ0v) is 10.6. The van der Waals surface area contributed by atoms with Gasteiger partial charge in [-0.2, -0.15) is 9.61 Å². The normalized spacial score (nSPS) is 11.3. The van der Waals surface area contributed by atoms with Crippen LogP contribution in [0.2, 0.25) is 0 Å². The monoisotopic (exact) mass is 276 g/mol. The lowest BCUT2D eigenvalue weighted by molar-refractivity contribution is -0.143. The SMILES string of the molecule is CCOC(=O)/C(=C\Nc1ccnc2ccnn12)C(=O)O. The van der Waals surface area contributed by atoms with Crippen LogP contribution in [0.1, 0.15) is 6.92 Å². The lowest BCUT2D eigenvalue weighted by Crippen LogP contribution is -2.17. The summed E-state index contributed by atoms with van der Waals surface area (Å²) in [6.07, 6.45) is 4.16. The fourth-order valence-corrected chi connectivity index (χ4v) is 1.51. The van der Waals surface area contributed by atoms with Crippen LogP contribution in [0.3, 0.4) is 0 Å². The van der Waals surface area contributed by atoms with Crippen LogP contribution >= 0.6 is 0 Å². The van der Waals surface area contributed by atoms with Crippen LogP contribution < -0.4 is 5.32 Å². The number of ether oxygens (including phenoxy) is 1. The molecule has 104 valence electrons. The third-order valence-corrected chi connectivity index (χ3v) is 2.38. The predicted octanol–water partition coefficient (Wildman–Crippen LogP) is 0.673. The zero-order valence-electron chi connectivity index (χ0n) is 10.6. The second-order valence-electron chi connectivity index (χ2n) is 3.66. The molecular weight excluding hydrogens is 264 g/mol. The molecule has 0 aliphatic carbocycles. The van der Waals surface area contributed by atoms with Gasteiger partial charge in [-0.1, -0.05) is 0 Å². The van der Waals surface area contributed by atoms with Crippen LogP contribution in [0.25, 0.3) is 5.65 Å². The topological polar surface area (TPSA) is 106 Å². The Balaban J connectivity index is 2.27. The fraction of sp³-hybridized carbons (Fsp3) is 0.167. The molecule has 0 radical (unpaired) electrons. The number of fused-ring (bicyclic) bond motifs is 1. The van der Waals surface area contributed by atoms with Gasteiger partial charge in [-0.15, -0.1) is 0 Å². The van der Waals surface area contributed by atoms with Crippen molar-refractivity contribution in [1.82, 2.24) is 14.6 Å². The van der Waals surface area contributed by atoms with Crippen LogP contribution in [-0.4, -0.2) is 38.3 Å². The van der Waals surface area contributed by atoms with Gasteiger partial charge < -0.3 is 15.2 Å². The van der Waals surface area contributed by atoms with Crippen molar-refractivity contribution in [3.8, 4) is 0 Å². The molecule has 0 saturated heterocycles. The first-order valence-electron chi connectivity index (χ1n) is 5.79. The van der Waals surface area contributed by atoms with Gasteiger partial charge in [0.15, 0.2) is 11.2 Å². The molecule has 0 spiro atoms. The predicted molar refractivity (Wildman–Crippen MR) is 69.0 cm³/mol. The molecule has 0 atom stereocenters. The van der Waals surface area contributed by atoms with E-state index < -0.39 is 17.5 Å². The quantitative estimate of drug-likeness (QED) is 0.358. The number of carbonyl (C=O) groups excluding carboxylic acids is 1. The number of carbonyl (C=O) groups is 2. The van der Waals surface area contributed by atoms with Gasteiger partial charge in [0.1, 0.15) is 5.82 Å². The van der Waals surface area contributed by atoms with Crippen molar-refractivity contribution >= 4 is 23.4 Å². The molecule has 0 saturated carbocycles. The van der Waals surface area contributed by atoms with E-state index in [1.54, 1.807) is 25.3 Å². The summed E-state index contributed by atoms with van der Waals surface area (Å²) < 4.78 is 6.14. The number of hydrogen-bond acceptors (Lipinski definition) is 6. The summed E-state index contributed by atoms with van der Waals surface area (Å²) in [5.41, 5.74) is 0.0976. The minimum atomic E-state index is -1.37. The van der Waals surface area contributed by atoms with Crippen molar-refractivity contribution in [3.63, 3.8) is 0 Å². The highest BCUT2D eigenvalue weighted by Gasteiger charge is 2.18. The summed E-state index contributed by atoms with van der Waals surface area (Å²) in [7, 11) is 0. The van der Waals surface area contributed by atoms with Crippen molar-refractivity contribution in [2.75, 3.05) is 11.9 Å². The Morgan fingerprint density at radius 3 is 2.95 bits per heavy atom. The number of nitrogens with one attached hydrogen (secondary N) is 1. The second-order valence-corrected chi connectivity index (χ2v) is 3.66. The van der Waals surface area contributed by atoms with Crippen LogP contribution in [-0.2, 0) is 14.3 Å². The molecular formula is C12H12N4O4. The number of carboxylic acids is 1. The summed E-state index contributed by atoms with van der Waals surface area (Å²) >= 11 is 0. The first-order valence-corrected chi connectivity index (χ1v) is 5.79. The highest BCUT2D eigenvalue weighted by molar-refractivity contribution is 6.13. The van der Waals surface area contributed by atoms with Gasteiger partial charge in [0.05, 0.1) is 12.8 Å². The number of nitrogens with zero attached hydrogens (tertiary/aromatic N) is 3. The third-order valence-electron chi connectivity index (χ3n) is 2.38. The van der Waals surface area contributed by atoms with E-state index in [0.29, 0.717) is 11.5 Å². The second kappa shape index (κ2) is 5.83. The lowest BCUT2D eigenvalue weighted by atomic mass is 10.3. The molecule has 2 aromatic heterocycles. The van der Waals surface area contributed by atoms with E-state index >= 15 is 0 Å². The number of hydrogen-bond donors (Lipinski definition) is 2. The van der Waals surface area contributed by atoms with E-state index in [9.17, 15) is 9.59 Å². The smallest absolute Gasteiger partial charge is 0.347 e. The number of aliphatic carboxylic acids is 1. The molecule has 0 aliphatic rings. The van der Waals surface area contributed by atoms with E-state index in [0.717, 1.165) is 6.20 Å². The van der Waals surface area contributed by atoms with E-state index in [4.69, 9.17) is 5.11 Å². The van der Waals surface area contributed by atoms with Crippen molar-refractivity contribution in [1.29, 1.82) is 0 Å². The molecule has 0 bridgehead atoms. The van der Waals surface area contributed by atoms with Gasteiger partial charge in [-0.3, -0.25) is 0 Å². The first kappa shape index (κ1) is 13.5. The Labute approximate surface area is 113 Å². The maximum atomic E-state index is 11.5. The molecule has 0 fully saturated rings. The van der Waals surface area contributed by atoms with Gasteiger partial charge in [-0.25, -0.2) is 14.6 Å². The lowest BCUT2D eigenvalue weighted by Gasteiger charge is -2.06. The van der Waals surface area contributed by atoms with Crippen molar-refractivity contribution in [3.05, 3.63) is 36.3 Å². The summed E-state index contributed by atoms with van der Waals surface area (Å²) in [5.74, 6) is -1.80. The maximum Gasteiger partial charge on any atom is 0.347 e. The van der Waals surface area contributed by atoms with Crippen molar-refractivity contribution in [2.24, 2.45) is 0 Å². The number of aromatic nitrogens is 3. The molecule has 8 heteroatoms. The molecule has 8 nitrogen and oxygen atoms in total. The Bertz CT molecular complexity index is 677. The minimum absolute atomic E-state index is 0.0993. The number of esters is 1. The number of carboxylic acid groups (broad SMARTS) is 1. The average molecular weight is 276 g/mol. The molecule has 0 unspecified atom stereocenters. The zero-order chi connectivity index (χ0) is 14.5. The van der Waals surface area contributed by atoms with E-state index in [1.165, 1.54) is 10.7 Å². The van der Waals surface area contributed by atoms with E-state index in [1.807, 2.05) is 0 Å². The van der Waals surface area contributed by atoms with Crippen LogP contribution in [0.4, 0.5) is 5.82 Å². The first-order chi connectivity index (χ1) is 9.63. The maximum absolute atomic E-state index is 11.5. The molecule has 2 aromatic rings. The molecule has 2 rings (SSSR count). The molecule has 2 N–H and O–H groups in total. The standard InChI is InChI=1S/C12H12N4O4/c1-2-20-12(19)8(11(17)18)7-14-10-3-5-13-9-4-6-15-16(9)10/h3-7,14H,2H2,1H3,(H,17,18)/b8-7-. The average Bonchev–Trinajstić information content (AvgIpc) is 2.88. The number of rotatable bonds is 5. The fourth-order valence-electron chi connectivity index (χ4n) is 1.51. The Hall–Kier alpha value is -2.90. The summed E-state index contributed by atoms with van der Waals surface area (Å²) in [6.45, 7) is 1.70. The highest BCUT2D eigenvalue weighted by Crippen LogP contribution is 2.09. The van der Waals surface area contributed by atoms with Crippen LogP contribution in [0, 0.1) is 0 Å². The van der Waals surface area contributed by atoms with Gasteiger partial charge in [-0.05, 0) is 13.0 Å². The van der Waals surface area contributed by atoms with Crippen molar-refractivity contribution < 1.29 is 19.4 Å². The molecule has 0 aromatic carbocycles. The third kappa shape index (κ3) is 2.74. The van der Waals surface area contributed by atoms with Gasteiger partial charge in [0.2, 0.25) is 0 Å². The van der Waals surface area contributed by atoms with Gasteiger partial charge in [0.25, 0.3) is 0 Å². The Kier molecular flexibility index (Phi) is 3.94. The summed E-state index contributed by atoms with van der Waals surface area (Å²) in [6, 6.07) is 3.29. The van der Waals surface area contributed by atoms with E-state index in [-0.39, 0.29) is 6.61 Å². The Morgan fingerprint density at radius 1 is 1.45 bits per heavy atom. The highest BCUT2D eigenvalue weighted by atomic mass is 16.5. The summed E-state index contributed by atoms with van der Waals surface area (Å²) in [4.78, 5) is 26.5. The summed E-state index contributed by atoms with van der Waals surface area (Å²) in [5, 5.41) is 15.7. The molecule has 20 heavy (non-hydrogen) atoms. The largest absolute Gasteiger partial charge is 0.477 e. The molecule has 0 aliphatic heterocycles.